The van der Waals surface area contributed by atoms with Gasteiger partial charge in [0.1, 0.15) is 12.1 Å². The minimum absolute atomic E-state index is 0.00308. The van der Waals surface area contributed by atoms with Gasteiger partial charge in [0.05, 0.1) is 22.2 Å². The molecule has 5 N–H and O–H groups in total. The van der Waals surface area contributed by atoms with E-state index in [4.69, 9.17) is 5.73 Å². The molecule has 5 amide bonds. The third-order valence-corrected chi connectivity index (χ3v) is 13.2. The van der Waals surface area contributed by atoms with Gasteiger partial charge in [0.15, 0.2) is 9.84 Å². The van der Waals surface area contributed by atoms with E-state index in [0.717, 1.165) is 38.5 Å². The SMILES string of the molecule is CC1CN(C(=O)[C@@H](NC(=O)NC2(CS(=O)(=O)c3ccccc3)CCCCC2)C(C)(C)C)[C@H](C(=O)NC(CC2CCC2)C(=O)C(N)=O)CC1(C)C. The summed E-state index contributed by atoms with van der Waals surface area (Å²) >= 11 is 0. The third-order valence-electron chi connectivity index (χ3n) is 11.3. The highest BCUT2D eigenvalue weighted by molar-refractivity contribution is 7.91. The summed E-state index contributed by atoms with van der Waals surface area (Å²) in [6.07, 6.45) is 6.83. The van der Waals surface area contributed by atoms with Crippen molar-refractivity contribution in [2.75, 3.05) is 12.3 Å². The van der Waals surface area contributed by atoms with Crippen LogP contribution in [-0.2, 0) is 29.0 Å². The van der Waals surface area contributed by atoms with Crippen molar-refractivity contribution >= 4 is 39.4 Å². The molecule has 4 atom stereocenters. The second-order valence-electron chi connectivity index (χ2n) is 16.7. The summed E-state index contributed by atoms with van der Waals surface area (Å²) in [4.78, 5) is 68.8. The van der Waals surface area contributed by atoms with E-state index in [1.165, 1.54) is 4.90 Å². The number of hydrogen-bond donors (Lipinski definition) is 4. The van der Waals surface area contributed by atoms with Gasteiger partial charge in [-0.2, -0.15) is 0 Å². The Balaban J connectivity index is 1.58. The molecule has 2 aliphatic carbocycles. The first-order chi connectivity index (χ1) is 23.2. The van der Waals surface area contributed by atoms with E-state index in [0.29, 0.717) is 25.7 Å². The molecule has 2 unspecified atom stereocenters. The van der Waals surface area contributed by atoms with E-state index < -0.39 is 68.5 Å². The fourth-order valence-electron chi connectivity index (χ4n) is 7.52. The molecule has 0 spiro atoms. The Bertz CT molecular complexity index is 1530. The highest BCUT2D eigenvalue weighted by Gasteiger charge is 2.48. The zero-order chi connectivity index (χ0) is 37.1. The summed E-state index contributed by atoms with van der Waals surface area (Å²) in [5, 5.41) is 8.65. The number of ketones is 1. The maximum atomic E-state index is 14.6. The Hall–Kier alpha value is -3.48. The predicted octanol–water partition coefficient (Wildman–Crippen LogP) is 3.87. The van der Waals surface area contributed by atoms with Crippen molar-refractivity contribution in [1.82, 2.24) is 20.9 Å². The van der Waals surface area contributed by atoms with Crippen LogP contribution in [0.25, 0.3) is 0 Å². The molecule has 278 valence electrons. The summed E-state index contributed by atoms with van der Waals surface area (Å²) in [5.41, 5.74) is 3.20. The Morgan fingerprint density at radius 1 is 0.960 bits per heavy atom. The molecule has 0 radical (unpaired) electrons. The quantitative estimate of drug-likeness (QED) is 0.237. The minimum Gasteiger partial charge on any atom is -0.363 e. The summed E-state index contributed by atoms with van der Waals surface area (Å²) in [6.45, 7) is 11.8. The van der Waals surface area contributed by atoms with Crippen LogP contribution in [0.1, 0.15) is 106 Å². The lowest BCUT2D eigenvalue weighted by atomic mass is 9.70. The summed E-state index contributed by atoms with van der Waals surface area (Å²) in [7, 11) is -3.73. The molecule has 0 bridgehead atoms. The largest absolute Gasteiger partial charge is 0.363 e. The molecule has 50 heavy (non-hydrogen) atoms. The molecule has 13 heteroatoms. The average molecular weight is 716 g/mol. The predicted molar refractivity (Wildman–Crippen MR) is 190 cm³/mol. The number of sulfone groups is 1. The summed E-state index contributed by atoms with van der Waals surface area (Å²) < 4.78 is 27.0. The number of rotatable bonds is 12. The second-order valence-corrected chi connectivity index (χ2v) is 18.7. The number of piperidine rings is 1. The highest BCUT2D eigenvalue weighted by Crippen LogP contribution is 2.40. The number of nitrogens with zero attached hydrogens (tertiary/aromatic N) is 1. The first-order valence-corrected chi connectivity index (χ1v) is 19.7. The Morgan fingerprint density at radius 3 is 2.12 bits per heavy atom. The monoisotopic (exact) mass is 715 g/mol. The van der Waals surface area contributed by atoms with Crippen molar-refractivity contribution < 1.29 is 32.4 Å². The molecule has 3 fully saturated rings. The average Bonchev–Trinajstić information content (AvgIpc) is 3.01. The fraction of sp³-hybridized carbons (Fsp3) is 0.703. The van der Waals surface area contributed by atoms with Crippen molar-refractivity contribution in [1.29, 1.82) is 0 Å². The Labute approximate surface area is 297 Å². The first kappa shape index (κ1) is 39.3. The van der Waals surface area contributed by atoms with Crippen LogP contribution in [0.5, 0.6) is 0 Å². The van der Waals surface area contributed by atoms with Crippen LogP contribution in [0.3, 0.4) is 0 Å². The van der Waals surface area contributed by atoms with Gasteiger partial charge in [-0.25, -0.2) is 13.2 Å². The number of nitrogens with one attached hydrogen (secondary N) is 3. The van der Waals surface area contributed by atoms with E-state index in [9.17, 15) is 32.4 Å². The topological polar surface area (TPSA) is 185 Å². The second kappa shape index (κ2) is 15.4. The number of hydrogen-bond acceptors (Lipinski definition) is 7. The van der Waals surface area contributed by atoms with Crippen LogP contribution >= 0.6 is 0 Å². The van der Waals surface area contributed by atoms with E-state index in [-0.39, 0.29) is 34.4 Å². The standard InChI is InChI=1S/C37H57N5O7S/c1-24-22-42(28(21-36(24,5)6)32(45)39-27(29(43)31(38)44)20-25-14-13-15-25)33(46)30(35(2,3)4)40-34(47)41-37(18-11-8-12-19-37)23-50(48,49)26-16-9-7-10-17-26/h7,9-10,16-17,24-25,27-28,30H,8,11-15,18-23H2,1-6H3,(H2,38,44)(H,39,45)(H2,40,41,47)/t24?,27?,28-,30+/m0/s1. The van der Waals surface area contributed by atoms with Gasteiger partial charge in [0.25, 0.3) is 5.91 Å². The van der Waals surface area contributed by atoms with Crippen LogP contribution in [0, 0.1) is 22.7 Å². The van der Waals surface area contributed by atoms with E-state index in [2.05, 4.69) is 16.0 Å². The summed E-state index contributed by atoms with van der Waals surface area (Å²) in [6, 6.07) is 4.41. The molecular formula is C37H57N5O7S. The van der Waals surface area contributed by atoms with E-state index in [1.54, 1.807) is 30.3 Å². The van der Waals surface area contributed by atoms with Crippen molar-refractivity contribution in [3.63, 3.8) is 0 Å². The van der Waals surface area contributed by atoms with Gasteiger partial charge in [-0.15, -0.1) is 0 Å². The number of Topliss-reactive ketones (excluding diaryl/α,β-unsaturated/α-hetero) is 1. The van der Waals surface area contributed by atoms with Gasteiger partial charge in [0, 0.05) is 6.54 Å². The number of carbonyl (C=O) groups is 5. The molecule has 1 aromatic carbocycles. The van der Waals surface area contributed by atoms with Crippen LogP contribution < -0.4 is 21.7 Å². The molecule has 0 aromatic heterocycles. The van der Waals surface area contributed by atoms with Crippen LogP contribution in [0.15, 0.2) is 35.2 Å². The van der Waals surface area contributed by atoms with Crippen molar-refractivity contribution in [2.24, 2.45) is 28.4 Å². The smallest absolute Gasteiger partial charge is 0.315 e. The van der Waals surface area contributed by atoms with E-state index >= 15 is 0 Å². The van der Waals surface area contributed by atoms with Gasteiger partial charge >= 0.3 is 6.03 Å². The minimum atomic E-state index is -3.73. The number of benzene rings is 1. The lowest BCUT2D eigenvalue weighted by Gasteiger charge is -2.49. The molecule has 2 saturated carbocycles. The van der Waals surface area contributed by atoms with Crippen molar-refractivity contribution in [2.45, 2.75) is 134 Å². The lowest BCUT2D eigenvalue weighted by Crippen LogP contribution is -2.66. The molecule has 1 aliphatic heterocycles. The van der Waals surface area contributed by atoms with Crippen molar-refractivity contribution in [3.8, 4) is 0 Å². The lowest BCUT2D eigenvalue weighted by molar-refractivity contribution is -0.151. The zero-order valence-corrected chi connectivity index (χ0v) is 31.4. The zero-order valence-electron chi connectivity index (χ0n) is 30.5. The molecule has 1 aromatic rings. The van der Waals surface area contributed by atoms with Gasteiger partial charge < -0.3 is 26.6 Å². The molecular weight excluding hydrogens is 659 g/mol. The molecule has 12 nitrogen and oxygen atoms in total. The van der Waals surface area contributed by atoms with E-state index in [1.807, 2.05) is 41.5 Å². The number of urea groups is 1. The van der Waals surface area contributed by atoms with Gasteiger partial charge in [-0.3, -0.25) is 19.2 Å². The van der Waals surface area contributed by atoms with Crippen LogP contribution in [0.4, 0.5) is 4.79 Å². The molecule has 1 saturated heterocycles. The first-order valence-electron chi connectivity index (χ1n) is 18.1. The molecule has 1 heterocycles. The highest BCUT2D eigenvalue weighted by atomic mass is 32.2. The normalized spacial score (nSPS) is 23.4. The van der Waals surface area contributed by atoms with Gasteiger partial charge in [-0.05, 0) is 60.5 Å². The molecule has 4 rings (SSSR count). The number of likely N-dealkylation sites (tertiary alicyclic amines) is 1. The van der Waals surface area contributed by atoms with Crippen molar-refractivity contribution in [3.05, 3.63) is 30.3 Å². The summed E-state index contributed by atoms with van der Waals surface area (Å²) in [5.74, 6) is -3.04. The fourth-order valence-corrected chi connectivity index (χ4v) is 9.35. The third kappa shape index (κ3) is 9.44. The van der Waals surface area contributed by atoms with Gasteiger partial charge in [0.2, 0.25) is 17.6 Å². The maximum absolute atomic E-state index is 14.6. The van der Waals surface area contributed by atoms with Gasteiger partial charge in [-0.1, -0.05) is 98.3 Å². The molecule has 3 aliphatic rings. The number of nitrogens with two attached hydrogens (primary N) is 1. The number of amides is 5. The Morgan fingerprint density at radius 2 is 1.58 bits per heavy atom. The van der Waals surface area contributed by atoms with Crippen LogP contribution in [0.2, 0.25) is 0 Å². The maximum Gasteiger partial charge on any atom is 0.315 e. The Kier molecular flexibility index (Phi) is 12.1. The number of carbonyl (C=O) groups excluding carboxylic acids is 5. The van der Waals surface area contributed by atoms with Crippen LogP contribution in [-0.4, -0.2) is 78.8 Å². The number of primary amides is 1.